The van der Waals surface area contributed by atoms with Gasteiger partial charge in [0.05, 0.1) is 0 Å². The van der Waals surface area contributed by atoms with Gasteiger partial charge >= 0.3 is 11.9 Å². The van der Waals surface area contributed by atoms with Crippen molar-refractivity contribution < 1.29 is 19.8 Å². The molecule has 0 saturated heterocycles. The van der Waals surface area contributed by atoms with Crippen molar-refractivity contribution in [1.29, 1.82) is 0 Å². The Labute approximate surface area is 126 Å². The van der Waals surface area contributed by atoms with Crippen LogP contribution in [0.3, 0.4) is 0 Å². The zero-order valence-corrected chi connectivity index (χ0v) is 11.5. The fourth-order valence-corrected chi connectivity index (χ4v) is 0.895. The molecule has 2 rings (SSSR count). The Morgan fingerprint density at radius 2 is 1.18 bits per heavy atom. The second kappa shape index (κ2) is 11.4. The van der Waals surface area contributed by atoms with Gasteiger partial charge in [0.1, 0.15) is 11.6 Å². The maximum absolute atomic E-state index is 9.55. The molecule has 0 atom stereocenters. The molecule has 0 aromatic carbocycles. The van der Waals surface area contributed by atoms with Gasteiger partial charge in [-0.05, 0) is 24.3 Å². The van der Waals surface area contributed by atoms with Gasteiger partial charge in [0.15, 0.2) is 0 Å². The lowest BCUT2D eigenvalue weighted by atomic mass is 10.5. The molecule has 0 aliphatic heterocycles. The number of aromatic nitrogens is 2. The lowest BCUT2D eigenvalue weighted by Crippen LogP contribution is -1.91. The van der Waals surface area contributed by atoms with E-state index in [1.54, 1.807) is 24.5 Å². The predicted octanol–water partition coefficient (Wildman–Crippen LogP) is 1.04. The van der Waals surface area contributed by atoms with Crippen LogP contribution in [0.25, 0.3) is 0 Å². The van der Waals surface area contributed by atoms with E-state index in [4.69, 9.17) is 21.7 Å². The van der Waals surface area contributed by atoms with Crippen LogP contribution in [0, 0.1) is 0 Å². The largest absolute Gasteiger partial charge is 0.478 e. The molecule has 6 N–H and O–H groups in total. The molecule has 2 aromatic rings. The minimum atomic E-state index is -1.26. The minimum absolute atomic E-state index is 0.558. The van der Waals surface area contributed by atoms with E-state index in [0.29, 0.717) is 23.8 Å². The SMILES string of the molecule is Nc1ccccn1.Nc1ccccn1.O=C(O)/C=C\C(=O)O. The van der Waals surface area contributed by atoms with Crippen LogP contribution >= 0.6 is 0 Å². The maximum atomic E-state index is 9.55. The van der Waals surface area contributed by atoms with Gasteiger partial charge in [-0.1, -0.05) is 12.1 Å². The molecule has 0 aliphatic rings. The van der Waals surface area contributed by atoms with Crippen LogP contribution in [0.15, 0.2) is 60.9 Å². The number of nitrogen functional groups attached to an aromatic ring is 2. The number of pyridine rings is 2. The van der Waals surface area contributed by atoms with Crippen molar-refractivity contribution in [2.24, 2.45) is 0 Å². The molecule has 8 heteroatoms. The summed E-state index contributed by atoms with van der Waals surface area (Å²) >= 11 is 0. The quantitative estimate of drug-likeness (QED) is 0.600. The highest BCUT2D eigenvalue weighted by Crippen LogP contribution is 1.90. The van der Waals surface area contributed by atoms with E-state index >= 15 is 0 Å². The third-order valence-corrected chi connectivity index (χ3v) is 1.74. The number of nitrogens with zero attached hydrogens (tertiary/aromatic N) is 2. The van der Waals surface area contributed by atoms with Gasteiger partial charge in [-0.2, -0.15) is 0 Å². The van der Waals surface area contributed by atoms with E-state index in [2.05, 4.69) is 9.97 Å². The summed E-state index contributed by atoms with van der Waals surface area (Å²) in [6.45, 7) is 0. The molecule has 8 nitrogen and oxygen atoms in total. The zero-order chi connectivity index (χ0) is 16.8. The van der Waals surface area contributed by atoms with Crippen LogP contribution in [-0.4, -0.2) is 32.1 Å². The zero-order valence-electron chi connectivity index (χ0n) is 11.5. The Balaban J connectivity index is 0.000000301. The highest BCUT2D eigenvalue weighted by Gasteiger charge is 1.88. The van der Waals surface area contributed by atoms with Gasteiger partial charge in [-0.15, -0.1) is 0 Å². The molecule has 0 amide bonds. The van der Waals surface area contributed by atoms with Gasteiger partial charge in [-0.3, -0.25) is 0 Å². The normalized spacial score (nSPS) is 8.91. The van der Waals surface area contributed by atoms with E-state index in [0.717, 1.165) is 0 Å². The van der Waals surface area contributed by atoms with Gasteiger partial charge in [0, 0.05) is 24.5 Å². The van der Waals surface area contributed by atoms with Crippen molar-refractivity contribution in [3.05, 3.63) is 60.9 Å². The first kappa shape index (κ1) is 18.6. The molecule has 0 spiro atoms. The molecule has 2 aromatic heterocycles. The van der Waals surface area contributed by atoms with Crippen molar-refractivity contribution >= 4 is 23.6 Å². The number of hydrogen-bond donors (Lipinski definition) is 4. The maximum Gasteiger partial charge on any atom is 0.328 e. The number of carbonyl (C=O) groups is 2. The summed E-state index contributed by atoms with van der Waals surface area (Å²) in [5.41, 5.74) is 10.5. The van der Waals surface area contributed by atoms with Crippen molar-refractivity contribution in [3.63, 3.8) is 0 Å². The van der Waals surface area contributed by atoms with E-state index in [-0.39, 0.29) is 0 Å². The lowest BCUT2D eigenvalue weighted by molar-refractivity contribution is -0.134. The highest BCUT2D eigenvalue weighted by molar-refractivity contribution is 5.89. The first-order valence-corrected chi connectivity index (χ1v) is 5.88. The minimum Gasteiger partial charge on any atom is -0.478 e. The molecule has 0 unspecified atom stereocenters. The molecular weight excluding hydrogens is 288 g/mol. The smallest absolute Gasteiger partial charge is 0.328 e. The molecule has 0 radical (unpaired) electrons. The monoisotopic (exact) mass is 304 g/mol. The number of nitrogens with two attached hydrogens (primary N) is 2. The third-order valence-electron chi connectivity index (χ3n) is 1.74. The summed E-state index contributed by atoms with van der Waals surface area (Å²) in [6.07, 6.45) is 4.44. The molecule has 0 aliphatic carbocycles. The number of aliphatic carboxylic acids is 2. The molecule has 2 heterocycles. The Kier molecular flexibility index (Phi) is 9.64. The average molecular weight is 304 g/mol. The fourth-order valence-electron chi connectivity index (χ4n) is 0.895. The first-order chi connectivity index (χ1) is 10.4. The topological polar surface area (TPSA) is 152 Å². The standard InChI is InChI=1S/2C5H6N2.C4H4O4/c2*6-5-3-1-2-4-7-5;5-3(6)1-2-4(7)8/h2*1-4H,(H2,6,7);1-2H,(H,5,6)(H,7,8)/b;;2-1-. The number of hydrogen-bond acceptors (Lipinski definition) is 6. The van der Waals surface area contributed by atoms with Crippen LogP contribution in [0.4, 0.5) is 11.6 Å². The second-order valence-corrected chi connectivity index (χ2v) is 3.52. The van der Waals surface area contributed by atoms with E-state index in [9.17, 15) is 9.59 Å². The Hall–Kier alpha value is -3.42. The van der Waals surface area contributed by atoms with Gasteiger partial charge in [0.25, 0.3) is 0 Å². The average Bonchev–Trinajstić information content (AvgIpc) is 2.48. The first-order valence-electron chi connectivity index (χ1n) is 5.88. The molecule has 22 heavy (non-hydrogen) atoms. The van der Waals surface area contributed by atoms with E-state index in [1.807, 2.05) is 24.3 Å². The summed E-state index contributed by atoms with van der Waals surface area (Å²) in [7, 11) is 0. The third kappa shape index (κ3) is 13.0. The lowest BCUT2D eigenvalue weighted by Gasteiger charge is -1.82. The van der Waals surface area contributed by atoms with Crippen LogP contribution < -0.4 is 11.5 Å². The molecule has 0 saturated carbocycles. The summed E-state index contributed by atoms with van der Waals surface area (Å²) in [5.74, 6) is -1.37. The summed E-state index contributed by atoms with van der Waals surface area (Å²) in [6, 6.07) is 10.9. The van der Waals surface area contributed by atoms with Crippen LogP contribution in [-0.2, 0) is 9.59 Å². The van der Waals surface area contributed by atoms with Crippen LogP contribution in [0.2, 0.25) is 0 Å². The Morgan fingerprint density at radius 1 is 0.818 bits per heavy atom. The Bertz CT molecular complexity index is 535. The molecule has 116 valence electrons. The summed E-state index contributed by atoms with van der Waals surface area (Å²) in [4.78, 5) is 26.6. The molecule has 0 bridgehead atoms. The second-order valence-electron chi connectivity index (χ2n) is 3.52. The van der Waals surface area contributed by atoms with Crippen molar-refractivity contribution in [1.82, 2.24) is 9.97 Å². The van der Waals surface area contributed by atoms with E-state index in [1.165, 1.54) is 0 Å². The van der Waals surface area contributed by atoms with Crippen LogP contribution in [0.5, 0.6) is 0 Å². The summed E-state index contributed by atoms with van der Waals surface area (Å²) in [5, 5.41) is 15.6. The van der Waals surface area contributed by atoms with Crippen LogP contribution in [0.1, 0.15) is 0 Å². The Morgan fingerprint density at radius 3 is 1.32 bits per heavy atom. The van der Waals surface area contributed by atoms with Gasteiger partial charge in [-0.25, -0.2) is 19.6 Å². The summed E-state index contributed by atoms with van der Waals surface area (Å²) < 4.78 is 0. The highest BCUT2D eigenvalue weighted by atomic mass is 16.4. The molecule has 0 fully saturated rings. The van der Waals surface area contributed by atoms with Crippen molar-refractivity contribution in [3.8, 4) is 0 Å². The molecular formula is C14H16N4O4. The number of carboxylic acids is 2. The fraction of sp³-hybridized carbons (Fsp3) is 0. The number of carboxylic acid groups (broad SMARTS) is 2. The van der Waals surface area contributed by atoms with Gasteiger partial charge in [0.2, 0.25) is 0 Å². The van der Waals surface area contributed by atoms with Crippen molar-refractivity contribution in [2.75, 3.05) is 11.5 Å². The number of anilines is 2. The van der Waals surface area contributed by atoms with E-state index < -0.39 is 11.9 Å². The predicted molar refractivity (Wildman–Crippen MR) is 81.7 cm³/mol. The van der Waals surface area contributed by atoms with Gasteiger partial charge < -0.3 is 21.7 Å². The van der Waals surface area contributed by atoms with Crippen molar-refractivity contribution in [2.45, 2.75) is 0 Å². The number of rotatable bonds is 2.